The number of hydrogen-bond donors (Lipinski definition) is 1. The van der Waals surface area contributed by atoms with Gasteiger partial charge in [-0.2, -0.15) is 5.26 Å². The van der Waals surface area contributed by atoms with E-state index < -0.39 is 0 Å². The van der Waals surface area contributed by atoms with Gasteiger partial charge in [-0.3, -0.25) is 4.79 Å². The molecule has 0 aromatic heterocycles. The van der Waals surface area contributed by atoms with E-state index in [1.54, 1.807) is 44.6 Å². The van der Waals surface area contributed by atoms with Crippen molar-refractivity contribution >= 4 is 5.91 Å². The second-order valence-corrected chi connectivity index (χ2v) is 4.60. The molecule has 0 aliphatic carbocycles. The summed E-state index contributed by atoms with van der Waals surface area (Å²) in [5, 5.41) is 11.7. The number of amides is 1. The summed E-state index contributed by atoms with van der Waals surface area (Å²) in [4.78, 5) is 12.1. The van der Waals surface area contributed by atoms with Gasteiger partial charge in [-0.15, -0.1) is 0 Å². The molecular weight excluding hydrogens is 280 g/mol. The highest BCUT2D eigenvalue weighted by Crippen LogP contribution is 2.22. The van der Waals surface area contributed by atoms with Gasteiger partial charge in [0.1, 0.15) is 11.5 Å². The van der Waals surface area contributed by atoms with E-state index in [-0.39, 0.29) is 5.91 Å². The Kier molecular flexibility index (Phi) is 4.99. The van der Waals surface area contributed by atoms with E-state index in [9.17, 15) is 4.79 Å². The normalized spacial score (nSPS) is 9.68. The molecule has 0 atom stereocenters. The number of carbonyl (C=O) groups is 1. The van der Waals surface area contributed by atoms with E-state index in [0.29, 0.717) is 29.2 Å². The molecule has 0 aliphatic rings. The number of nitrogens with one attached hydrogen (secondary N) is 1. The lowest BCUT2D eigenvalue weighted by atomic mass is 10.1. The van der Waals surface area contributed by atoms with Gasteiger partial charge >= 0.3 is 0 Å². The highest BCUT2D eigenvalue weighted by atomic mass is 16.5. The zero-order valence-corrected chi connectivity index (χ0v) is 12.4. The van der Waals surface area contributed by atoms with Gasteiger partial charge in [0.15, 0.2) is 0 Å². The van der Waals surface area contributed by atoms with Gasteiger partial charge in [-0.25, -0.2) is 0 Å². The van der Waals surface area contributed by atoms with Crippen molar-refractivity contribution in [3.63, 3.8) is 0 Å². The fourth-order valence-corrected chi connectivity index (χ4v) is 1.98. The standard InChI is InChI=1S/C17H16N2O3/c1-21-15-7-13(8-16(9-15)22-2)11-19-17(20)14-5-3-4-12(6-14)10-18/h3-9H,11H2,1-2H3,(H,19,20). The largest absolute Gasteiger partial charge is 0.497 e. The van der Waals surface area contributed by atoms with Crippen molar-refractivity contribution in [1.82, 2.24) is 5.32 Å². The smallest absolute Gasteiger partial charge is 0.251 e. The van der Waals surface area contributed by atoms with Crippen LogP contribution in [0.15, 0.2) is 42.5 Å². The molecule has 2 aromatic rings. The van der Waals surface area contributed by atoms with E-state index in [2.05, 4.69) is 5.32 Å². The third-order valence-corrected chi connectivity index (χ3v) is 3.12. The Morgan fingerprint density at radius 1 is 1.14 bits per heavy atom. The maximum absolute atomic E-state index is 12.1. The van der Waals surface area contributed by atoms with E-state index in [1.165, 1.54) is 0 Å². The van der Waals surface area contributed by atoms with Crippen molar-refractivity contribution in [1.29, 1.82) is 5.26 Å². The Labute approximate surface area is 129 Å². The summed E-state index contributed by atoms with van der Waals surface area (Å²) in [7, 11) is 3.15. The van der Waals surface area contributed by atoms with Crippen LogP contribution < -0.4 is 14.8 Å². The number of methoxy groups -OCH3 is 2. The SMILES string of the molecule is COc1cc(CNC(=O)c2cccc(C#N)c2)cc(OC)c1. The molecule has 22 heavy (non-hydrogen) atoms. The first kappa shape index (κ1) is 15.4. The topological polar surface area (TPSA) is 71.3 Å². The van der Waals surface area contributed by atoms with Gasteiger partial charge in [0.2, 0.25) is 0 Å². The molecule has 2 aromatic carbocycles. The Morgan fingerprint density at radius 3 is 2.41 bits per heavy atom. The van der Waals surface area contributed by atoms with Gasteiger partial charge < -0.3 is 14.8 Å². The van der Waals surface area contributed by atoms with E-state index in [1.807, 2.05) is 18.2 Å². The minimum absolute atomic E-state index is 0.237. The molecule has 1 amide bonds. The molecule has 5 heteroatoms. The summed E-state index contributed by atoms with van der Waals surface area (Å²) in [6, 6.07) is 14.0. The van der Waals surface area contributed by atoms with E-state index in [4.69, 9.17) is 14.7 Å². The molecule has 2 rings (SSSR count). The van der Waals surface area contributed by atoms with Crippen molar-refractivity contribution in [3.8, 4) is 17.6 Å². The Hall–Kier alpha value is -3.00. The summed E-state index contributed by atoms with van der Waals surface area (Å²) in [6.45, 7) is 0.336. The second kappa shape index (κ2) is 7.14. The third kappa shape index (κ3) is 3.76. The third-order valence-electron chi connectivity index (χ3n) is 3.12. The lowest BCUT2D eigenvalue weighted by Crippen LogP contribution is -2.22. The van der Waals surface area contributed by atoms with E-state index >= 15 is 0 Å². The van der Waals surface area contributed by atoms with Crippen LogP contribution in [0.3, 0.4) is 0 Å². The molecule has 112 valence electrons. The van der Waals surface area contributed by atoms with Gasteiger partial charge in [0, 0.05) is 18.2 Å². The second-order valence-electron chi connectivity index (χ2n) is 4.60. The first-order chi connectivity index (χ1) is 10.7. The highest BCUT2D eigenvalue weighted by molar-refractivity contribution is 5.94. The number of rotatable bonds is 5. The van der Waals surface area contributed by atoms with Gasteiger partial charge in [-0.05, 0) is 35.9 Å². The highest BCUT2D eigenvalue weighted by Gasteiger charge is 2.07. The maximum atomic E-state index is 12.1. The molecule has 0 fully saturated rings. The van der Waals surface area contributed by atoms with Crippen molar-refractivity contribution in [2.45, 2.75) is 6.54 Å². The summed E-state index contributed by atoms with van der Waals surface area (Å²) < 4.78 is 10.4. The van der Waals surface area contributed by atoms with Crippen molar-refractivity contribution in [3.05, 3.63) is 59.2 Å². The summed E-state index contributed by atoms with van der Waals surface area (Å²) in [5.74, 6) is 1.09. The maximum Gasteiger partial charge on any atom is 0.251 e. The zero-order valence-electron chi connectivity index (χ0n) is 12.4. The van der Waals surface area contributed by atoms with Crippen molar-refractivity contribution in [2.75, 3.05) is 14.2 Å². The molecule has 5 nitrogen and oxygen atoms in total. The minimum atomic E-state index is -0.237. The minimum Gasteiger partial charge on any atom is -0.497 e. The number of benzene rings is 2. The van der Waals surface area contributed by atoms with Gasteiger partial charge in [0.05, 0.1) is 25.9 Å². The number of ether oxygens (including phenoxy) is 2. The first-order valence-corrected chi connectivity index (χ1v) is 6.66. The van der Waals surface area contributed by atoms with Crippen LogP contribution in [0.1, 0.15) is 21.5 Å². The molecule has 0 radical (unpaired) electrons. The Balaban J connectivity index is 2.09. The Bertz CT molecular complexity index is 698. The molecule has 0 spiro atoms. The number of nitriles is 1. The lowest BCUT2D eigenvalue weighted by Gasteiger charge is -2.10. The predicted octanol–water partition coefficient (Wildman–Crippen LogP) is 2.51. The molecule has 0 aliphatic heterocycles. The van der Waals surface area contributed by atoms with Crippen LogP contribution in [0.25, 0.3) is 0 Å². The fraction of sp³-hybridized carbons (Fsp3) is 0.176. The van der Waals surface area contributed by atoms with Crippen molar-refractivity contribution < 1.29 is 14.3 Å². The molecule has 0 saturated heterocycles. The van der Waals surface area contributed by atoms with Crippen LogP contribution >= 0.6 is 0 Å². The molecule has 0 saturated carbocycles. The number of hydrogen-bond acceptors (Lipinski definition) is 4. The Morgan fingerprint density at radius 2 is 1.82 bits per heavy atom. The first-order valence-electron chi connectivity index (χ1n) is 6.66. The quantitative estimate of drug-likeness (QED) is 0.920. The van der Waals surface area contributed by atoms with Crippen LogP contribution in [0.4, 0.5) is 0 Å². The summed E-state index contributed by atoms with van der Waals surface area (Å²) >= 11 is 0. The van der Waals surface area contributed by atoms with Gasteiger partial charge in [0.25, 0.3) is 5.91 Å². The summed E-state index contributed by atoms with van der Waals surface area (Å²) in [6.07, 6.45) is 0. The number of carbonyl (C=O) groups excluding carboxylic acids is 1. The average Bonchev–Trinajstić information content (AvgIpc) is 2.59. The van der Waals surface area contributed by atoms with Crippen LogP contribution in [0.5, 0.6) is 11.5 Å². The van der Waals surface area contributed by atoms with Crippen LogP contribution in [-0.4, -0.2) is 20.1 Å². The average molecular weight is 296 g/mol. The zero-order chi connectivity index (χ0) is 15.9. The van der Waals surface area contributed by atoms with Crippen LogP contribution in [-0.2, 0) is 6.54 Å². The molecule has 0 unspecified atom stereocenters. The van der Waals surface area contributed by atoms with Gasteiger partial charge in [-0.1, -0.05) is 6.07 Å². The summed E-state index contributed by atoms with van der Waals surface area (Å²) in [5.41, 5.74) is 1.77. The molecule has 0 heterocycles. The monoisotopic (exact) mass is 296 g/mol. The number of nitrogens with zero attached hydrogens (tertiary/aromatic N) is 1. The van der Waals surface area contributed by atoms with E-state index in [0.717, 1.165) is 5.56 Å². The van der Waals surface area contributed by atoms with Crippen LogP contribution in [0.2, 0.25) is 0 Å². The molecular formula is C17H16N2O3. The lowest BCUT2D eigenvalue weighted by molar-refractivity contribution is 0.0951. The van der Waals surface area contributed by atoms with Crippen LogP contribution in [0, 0.1) is 11.3 Å². The molecule has 1 N–H and O–H groups in total. The molecule has 0 bridgehead atoms. The fourth-order valence-electron chi connectivity index (χ4n) is 1.98. The predicted molar refractivity (Wildman–Crippen MR) is 81.9 cm³/mol. The van der Waals surface area contributed by atoms with Crippen molar-refractivity contribution in [2.24, 2.45) is 0 Å².